The Bertz CT molecular complexity index is 345. The summed E-state index contributed by atoms with van der Waals surface area (Å²) in [5.74, 6) is -0.759. The number of Topliss-reactive ketones (excluding diaryl/α,β-unsaturated/α-hetero) is 1. The standard InChI is InChI=1S/C10H11FO2/c1-6-4-8(7(2)12)10(11)9(5-6)13-3/h4-5H,1-3H3. The van der Waals surface area contributed by atoms with Gasteiger partial charge in [-0.15, -0.1) is 0 Å². The molecule has 0 saturated carbocycles. The van der Waals surface area contributed by atoms with Crippen LogP contribution in [0.5, 0.6) is 5.75 Å². The summed E-state index contributed by atoms with van der Waals surface area (Å²) < 4.78 is 18.1. The minimum atomic E-state index is -0.583. The van der Waals surface area contributed by atoms with Crippen molar-refractivity contribution in [1.82, 2.24) is 0 Å². The number of hydrogen-bond acceptors (Lipinski definition) is 2. The van der Waals surface area contributed by atoms with E-state index in [2.05, 4.69) is 0 Å². The van der Waals surface area contributed by atoms with E-state index < -0.39 is 5.82 Å². The second-order valence-electron chi connectivity index (χ2n) is 2.88. The number of aryl methyl sites for hydroxylation is 1. The highest BCUT2D eigenvalue weighted by Gasteiger charge is 2.12. The number of carbonyl (C=O) groups is 1. The predicted octanol–water partition coefficient (Wildman–Crippen LogP) is 2.35. The number of benzene rings is 1. The second kappa shape index (κ2) is 3.56. The van der Waals surface area contributed by atoms with E-state index in [4.69, 9.17) is 4.74 Å². The first-order chi connectivity index (χ1) is 6.06. The van der Waals surface area contributed by atoms with Crippen molar-refractivity contribution in [2.75, 3.05) is 7.11 Å². The van der Waals surface area contributed by atoms with Crippen molar-refractivity contribution >= 4 is 5.78 Å². The molecule has 0 spiro atoms. The lowest BCUT2D eigenvalue weighted by molar-refractivity contribution is 0.101. The quantitative estimate of drug-likeness (QED) is 0.656. The number of halogens is 1. The van der Waals surface area contributed by atoms with Crippen molar-refractivity contribution in [2.45, 2.75) is 13.8 Å². The van der Waals surface area contributed by atoms with Crippen molar-refractivity contribution in [3.05, 3.63) is 29.1 Å². The number of ether oxygens (including phenoxy) is 1. The first-order valence-corrected chi connectivity index (χ1v) is 3.91. The first kappa shape index (κ1) is 9.71. The van der Waals surface area contributed by atoms with Crippen LogP contribution in [0.1, 0.15) is 22.8 Å². The van der Waals surface area contributed by atoms with Gasteiger partial charge in [-0.1, -0.05) is 0 Å². The molecule has 0 fully saturated rings. The lowest BCUT2D eigenvalue weighted by Gasteiger charge is -2.06. The van der Waals surface area contributed by atoms with Crippen molar-refractivity contribution in [2.24, 2.45) is 0 Å². The average Bonchev–Trinajstić information content (AvgIpc) is 2.08. The SMILES string of the molecule is COc1cc(C)cc(C(C)=O)c1F. The zero-order valence-electron chi connectivity index (χ0n) is 7.85. The number of hydrogen-bond donors (Lipinski definition) is 0. The highest BCUT2D eigenvalue weighted by Crippen LogP contribution is 2.22. The Labute approximate surface area is 76.3 Å². The molecule has 0 unspecified atom stereocenters. The third kappa shape index (κ3) is 1.86. The van der Waals surface area contributed by atoms with Gasteiger partial charge in [0.2, 0.25) is 0 Å². The molecular formula is C10H11FO2. The zero-order valence-corrected chi connectivity index (χ0v) is 7.85. The molecule has 0 N–H and O–H groups in total. The first-order valence-electron chi connectivity index (χ1n) is 3.91. The molecule has 0 bridgehead atoms. The summed E-state index contributed by atoms with van der Waals surface area (Å²) in [7, 11) is 1.38. The van der Waals surface area contributed by atoms with Crippen LogP contribution >= 0.6 is 0 Å². The summed E-state index contributed by atoms with van der Waals surface area (Å²) in [4.78, 5) is 11.0. The van der Waals surface area contributed by atoms with Gasteiger partial charge in [-0.25, -0.2) is 4.39 Å². The molecule has 70 valence electrons. The van der Waals surface area contributed by atoms with E-state index in [0.29, 0.717) is 0 Å². The van der Waals surface area contributed by atoms with Gasteiger partial charge in [0, 0.05) is 0 Å². The number of carbonyl (C=O) groups excluding carboxylic acids is 1. The molecule has 1 rings (SSSR count). The van der Waals surface area contributed by atoms with Gasteiger partial charge in [0.05, 0.1) is 12.7 Å². The van der Waals surface area contributed by atoms with E-state index in [1.54, 1.807) is 13.0 Å². The Kier molecular flexibility index (Phi) is 2.66. The summed E-state index contributed by atoms with van der Waals surface area (Å²) in [5, 5.41) is 0. The van der Waals surface area contributed by atoms with Crippen LogP contribution in [0.25, 0.3) is 0 Å². The Morgan fingerprint density at radius 3 is 2.54 bits per heavy atom. The molecule has 0 amide bonds. The summed E-state index contributed by atoms with van der Waals surface area (Å²) >= 11 is 0. The van der Waals surface area contributed by atoms with Gasteiger partial charge >= 0.3 is 0 Å². The van der Waals surface area contributed by atoms with Crippen LogP contribution in [-0.2, 0) is 0 Å². The largest absolute Gasteiger partial charge is 0.494 e. The topological polar surface area (TPSA) is 26.3 Å². The molecule has 13 heavy (non-hydrogen) atoms. The Balaban J connectivity index is 3.35. The van der Waals surface area contributed by atoms with Crippen molar-refractivity contribution in [1.29, 1.82) is 0 Å². The van der Waals surface area contributed by atoms with Gasteiger partial charge in [-0.2, -0.15) is 0 Å². The number of methoxy groups -OCH3 is 1. The lowest BCUT2D eigenvalue weighted by atomic mass is 10.1. The van der Waals surface area contributed by atoms with E-state index in [1.165, 1.54) is 20.1 Å². The maximum atomic E-state index is 13.4. The number of rotatable bonds is 2. The molecule has 1 aromatic rings. The van der Waals surface area contributed by atoms with Crippen LogP contribution in [0.15, 0.2) is 12.1 Å². The van der Waals surface area contributed by atoms with Gasteiger partial charge < -0.3 is 4.74 Å². The highest BCUT2D eigenvalue weighted by molar-refractivity contribution is 5.95. The summed E-state index contributed by atoms with van der Waals surface area (Å²) in [5.41, 5.74) is 0.889. The van der Waals surface area contributed by atoms with E-state index in [1.807, 2.05) is 0 Å². The molecule has 2 nitrogen and oxygen atoms in total. The highest BCUT2D eigenvalue weighted by atomic mass is 19.1. The molecule has 0 aliphatic heterocycles. The fraction of sp³-hybridized carbons (Fsp3) is 0.300. The maximum absolute atomic E-state index is 13.4. The fourth-order valence-corrected chi connectivity index (χ4v) is 1.14. The van der Waals surface area contributed by atoms with Crippen molar-refractivity contribution < 1.29 is 13.9 Å². The minimum absolute atomic E-state index is 0.0804. The third-order valence-corrected chi connectivity index (χ3v) is 1.78. The van der Waals surface area contributed by atoms with E-state index >= 15 is 0 Å². The normalized spacial score (nSPS) is 9.85. The van der Waals surface area contributed by atoms with Crippen LogP contribution in [0.4, 0.5) is 4.39 Å². The smallest absolute Gasteiger partial charge is 0.175 e. The molecule has 0 aliphatic rings. The van der Waals surface area contributed by atoms with Gasteiger partial charge in [0.1, 0.15) is 0 Å². The van der Waals surface area contributed by atoms with Gasteiger partial charge in [0.15, 0.2) is 17.3 Å². The summed E-state index contributed by atoms with van der Waals surface area (Å²) in [6.07, 6.45) is 0. The van der Waals surface area contributed by atoms with Crippen LogP contribution < -0.4 is 4.74 Å². The molecule has 0 saturated heterocycles. The monoisotopic (exact) mass is 182 g/mol. The summed E-state index contributed by atoms with van der Waals surface area (Å²) in [6, 6.07) is 3.07. The molecular weight excluding hydrogens is 171 g/mol. The van der Waals surface area contributed by atoms with Gasteiger partial charge in [-0.05, 0) is 31.5 Å². The molecule has 0 atom stereocenters. The van der Waals surface area contributed by atoms with Crippen LogP contribution in [0, 0.1) is 12.7 Å². The third-order valence-electron chi connectivity index (χ3n) is 1.78. The molecule has 0 aliphatic carbocycles. The van der Waals surface area contributed by atoms with Gasteiger partial charge in [-0.3, -0.25) is 4.79 Å². The minimum Gasteiger partial charge on any atom is -0.494 e. The van der Waals surface area contributed by atoms with Crippen LogP contribution in [-0.4, -0.2) is 12.9 Å². The molecule has 0 aromatic heterocycles. The Hall–Kier alpha value is -1.38. The fourth-order valence-electron chi connectivity index (χ4n) is 1.14. The molecule has 0 radical (unpaired) electrons. The summed E-state index contributed by atoms with van der Waals surface area (Å²) in [6.45, 7) is 3.12. The van der Waals surface area contributed by atoms with E-state index in [-0.39, 0.29) is 17.1 Å². The van der Waals surface area contributed by atoms with E-state index in [9.17, 15) is 9.18 Å². The van der Waals surface area contributed by atoms with Crippen LogP contribution in [0.2, 0.25) is 0 Å². The van der Waals surface area contributed by atoms with Gasteiger partial charge in [0.25, 0.3) is 0 Å². The van der Waals surface area contributed by atoms with Crippen molar-refractivity contribution in [3.8, 4) is 5.75 Å². The molecule has 0 heterocycles. The maximum Gasteiger partial charge on any atom is 0.175 e. The zero-order chi connectivity index (χ0) is 10.0. The average molecular weight is 182 g/mol. The second-order valence-corrected chi connectivity index (χ2v) is 2.88. The van der Waals surface area contributed by atoms with Crippen LogP contribution in [0.3, 0.4) is 0 Å². The molecule has 1 aromatic carbocycles. The predicted molar refractivity (Wildman–Crippen MR) is 47.7 cm³/mol. The Morgan fingerprint density at radius 2 is 2.08 bits per heavy atom. The molecule has 3 heteroatoms. The van der Waals surface area contributed by atoms with Crippen molar-refractivity contribution in [3.63, 3.8) is 0 Å². The van der Waals surface area contributed by atoms with E-state index in [0.717, 1.165) is 5.56 Å². The number of ketones is 1. The Morgan fingerprint density at radius 1 is 1.46 bits per heavy atom. The lowest BCUT2D eigenvalue weighted by Crippen LogP contribution is -2.00.